The van der Waals surface area contributed by atoms with E-state index in [2.05, 4.69) is 20.5 Å². The number of hydrogen-bond donors (Lipinski definition) is 2. The molecule has 2 bridgehead atoms. The summed E-state index contributed by atoms with van der Waals surface area (Å²) < 4.78 is 35.2. The topological polar surface area (TPSA) is 85.1 Å². The Morgan fingerprint density at radius 1 is 1.17 bits per heavy atom. The number of imidazole rings is 1. The molecule has 0 radical (unpaired) electrons. The molecule has 2 aromatic heterocycles. The standard InChI is InChI=1S/C20H19F2N5O2/c21-20(22)10-12-7-14(9-18(20)24-12)29-19-4-3-16(25-26-19)15-2-1-13(8-17(15)28)27-6-5-23-11-27/h1-6,8,11-12,14,18,24,28H,7,9-10H2/t12-,14+,18+/m0/s1. The fourth-order valence-electron chi connectivity index (χ4n) is 4.11. The van der Waals surface area contributed by atoms with Crippen molar-refractivity contribution < 1.29 is 18.6 Å². The summed E-state index contributed by atoms with van der Waals surface area (Å²) in [5, 5.41) is 21.5. The van der Waals surface area contributed by atoms with Crippen molar-refractivity contribution >= 4 is 0 Å². The molecular weight excluding hydrogens is 380 g/mol. The number of piperidine rings is 1. The van der Waals surface area contributed by atoms with Crippen LogP contribution in [0.15, 0.2) is 49.1 Å². The van der Waals surface area contributed by atoms with Gasteiger partial charge in [0.05, 0.1) is 23.8 Å². The Balaban J connectivity index is 1.30. The third-order valence-electron chi connectivity index (χ3n) is 5.50. The molecule has 9 heteroatoms. The minimum Gasteiger partial charge on any atom is -0.507 e. The number of halogens is 2. The molecule has 3 atom stereocenters. The van der Waals surface area contributed by atoms with Crippen LogP contribution in [-0.4, -0.2) is 49.0 Å². The molecule has 0 aliphatic carbocycles. The van der Waals surface area contributed by atoms with Crippen LogP contribution in [-0.2, 0) is 0 Å². The molecule has 2 N–H and O–H groups in total. The molecule has 7 nitrogen and oxygen atoms in total. The second-order valence-corrected chi connectivity index (χ2v) is 7.52. The van der Waals surface area contributed by atoms with Gasteiger partial charge in [-0.1, -0.05) is 0 Å². The summed E-state index contributed by atoms with van der Waals surface area (Å²) in [4.78, 5) is 3.99. The van der Waals surface area contributed by atoms with E-state index in [1.807, 2.05) is 6.07 Å². The predicted molar refractivity (Wildman–Crippen MR) is 100 cm³/mol. The average Bonchev–Trinajstić information content (AvgIpc) is 3.29. The lowest BCUT2D eigenvalue weighted by molar-refractivity contribution is -0.0195. The maximum absolute atomic E-state index is 13.8. The lowest BCUT2D eigenvalue weighted by atomic mass is 10.0. The van der Waals surface area contributed by atoms with Crippen LogP contribution < -0.4 is 10.1 Å². The van der Waals surface area contributed by atoms with E-state index in [0.29, 0.717) is 17.7 Å². The SMILES string of the molecule is Oc1cc(-n2ccnc2)ccc1-c1ccc(O[C@@H]2C[C@H]3CC(F)(F)[C@@H](C2)N3)nn1. The Labute approximate surface area is 165 Å². The number of aromatic nitrogens is 4. The van der Waals surface area contributed by atoms with Crippen molar-refractivity contribution in [3.05, 3.63) is 49.1 Å². The van der Waals surface area contributed by atoms with Gasteiger partial charge >= 0.3 is 0 Å². The summed E-state index contributed by atoms with van der Waals surface area (Å²) in [6, 6.07) is 7.48. The summed E-state index contributed by atoms with van der Waals surface area (Å²) in [6.07, 6.45) is 5.38. The minimum atomic E-state index is -2.68. The molecule has 3 aromatic rings. The Hall–Kier alpha value is -3.07. The summed E-state index contributed by atoms with van der Waals surface area (Å²) in [7, 11) is 0. The number of nitrogens with zero attached hydrogens (tertiary/aromatic N) is 4. The first-order valence-corrected chi connectivity index (χ1v) is 9.44. The van der Waals surface area contributed by atoms with Crippen LogP contribution in [0.2, 0.25) is 0 Å². The molecule has 0 saturated carbocycles. The molecule has 4 heterocycles. The Morgan fingerprint density at radius 3 is 2.76 bits per heavy atom. The minimum absolute atomic E-state index is 0.0660. The van der Waals surface area contributed by atoms with E-state index in [1.165, 1.54) is 0 Å². The molecule has 2 saturated heterocycles. The van der Waals surface area contributed by atoms with Gasteiger partial charge in [-0.25, -0.2) is 13.8 Å². The maximum atomic E-state index is 13.8. The van der Waals surface area contributed by atoms with Crippen LogP contribution in [0, 0.1) is 0 Å². The van der Waals surface area contributed by atoms with Crippen molar-refractivity contribution in [3.63, 3.8) is 0 Å². The highest BCUT2D eigenvalue weighted by Gasteiger charge is 2.53. The Morgan fingerprint density at radius 2 is 2.07 bits per heavy atom. The van der Waals surface area contributed by atoms with Gasteiger partial charge in [0.25, 0.3) is 5.92 Å². The quantitative estimate of drug-likeness (QED) is 0.702. The van der Waals surface area contributed by atoms with E-state index < -0.39 is 12.0 Å². The molecule has 2 aliphatic heterocycles. The molecule has 150 valence electrons. The third kappa shape index (κ3) is 3.42. The van der Waals surface area contributed by atoms with Crippen molar-refractivity contribution in [3.8, 4) is 28.6 Å². The van der Waals surface area contributed by atoms with E-state index >= 15 is 0 Å². The number of phenols is 1. The van der Waals surface area contributed by atoms with Gasteiger partial charge in [0.1, 0.15) is 11.9 Å². The zero-order valence-corrected chi connectivity index (χ0v) is 15.4. The highest BCUT2D eigenvalue weighted by Crippen LogP contribution is 2.40. The Kier molecular flexibility index (Phi) is 4.20. The lowest BCUT2D eigenvalue weighted by Gasteiger charge is -2.29. The number of aromatic hydroxyl groups is 1. The smallest absolute Gasteiger partial charge is 0.264 e. The zero-order valence-electron chi connectivity index (χ0n) is 15.4. The molecule has 5 rings (SSSR count). The number of ether oxygens (including phenoxy) is 1. The van der Waals surface area contributed by atoms with Crippen LogP contribution in [0.4, 0.5) is 8.78 Å². The number of fused-ring (bicyclic) bond motifs is 2. The fourth-order valence-corrected chi connectivity index (χ4v) is 4.11. The van der Waals surface area contributed by atoms with Crippen LogP contribution in [0.1, 0.15) is 19.3 Å². The third-order valence-corrected chi connectivity index (χ3v) is 5.50. The predicted octanol–water partition coefficient (Wildman–Crippen LogP) is 2.94. The van der Waals surface area contributed by atoms with Gasteiger partial charge < -0.3 is 19.7 Å². The Bertz CT molecular complexity index is 1010. The number of hydrogen-bond acceptors (Lipinski definition) is 6. The van der Waals surface area contributed by atoms with Crippen LogP contribution in [0.25, 0.3) is 16.9 Å². The van der Waals surface area contributed by atoms with Crippen molar-refractivity contribution in [1.29, 1.82) is 0 Å². The van der Waals surface area contributed by atoms with E-state index in [-0.39, 0.29) is 36.6 Å². The second kappa shape index (κ2) is 6.77. The molecule has 0 spiro atoms. The maximum Gasteiger partial charge on any atom is 0.264 e. The summed E-state index contributed by atoms with van der Waals surface area (Å²) >= 11 is 0. The molecule has 0 unspecified atom stereocenters. The van der Waals surface area contributed by atoms with Crippen molar-refractivity contribution in [1.82, 2.24) is 25.1 Å². The average molecular weight is 399 g/mol. The number of benzene rings is 1. The largest absolute Gasteiger partial charge is 0.507 e. The van der Waals surface area contributed by atoms with Crippen LogP contribution in [0.3, 0.4) is 0 Å². The summed E-state index contributed by atoms with van der Waals surface area (Å²) in [5.41, 5.74) is 1.80. The first-order chi connectivity index (χ1) is 14.0. The van der Waals surface area contributed by atoms with E-state index in [9.17, 15) is 13.9 Å². The van der Waals surface area contributed by atoms with Crippen molar-refractivity contribution in [2.45, 2.75) is 43.4 Å². The first kappa shape index (κ1) is 18.0. The van der Waals surface area contributed by atoms with Gasteiger partial charge in [-0.2, -0.15) is 0 Å². The summed E-state index contributed by atoms with van der Waals surface area (Å²) in [6.45, 7) is 0. The molecule has 29 heavy (non-hydrogen) atoms. The van der Waals surface area contributed by atoms with Gasteiger partial charge in [0.2, 0.25) is 5.88 Å². The van der Waals surface area contributed by atoms with Gasteiger partial charge in [0, 0.05) is 49.0 Å². The molecule has 0 amide bonds. The van der Waals surface area contributed by atoms with E-state index in [0.717, 1.165) is 5.69 Å². The number of phenolic OH excluding ortho intramolecular Hbond substituents is 1. The normalized spacial score (nSPS) is 25.1. The number of alkyl halides is 2. The van der Waals surface area contributed by atoms with Gasteiger partial charge in [-0.15, -0.1) is 10.2 Å². The molecule has 1 aromatic carbocycles. The number of rotatable bonds is 4. The van der Waals surface area contributed by atoms with Gasteiger partial charge in [0.15, 0.2) is 0 Å². The van der Waals surface area contributed by atoms with Crippen molar-refractivity contribution in [2.75, 3.05) is 0 Å². The molecule has 2 fully saturated rings. The molecular formula is C20H19F2N5O2. The lowest BCUT2D eigenvalue weighted by Crippen LogP contribution is -2.46. The highest BCUT2D eigenvalue weighted by atomic mass is 19.3. The van der Waals surface area contributed by atoms with E-state index in [4.69, 9.17) is 4.74 Å². The first-order valence-electron chi connectivity index (χ1n) is 9.44. The highest BCUT2D eigenvalue weighted by molar-refractivity contribution is 5.68. The second-order valence-electron chi connectivity index (χ2n) is 7.52. The zero-order chi connectivity index (χ0) is 20.0. The summed E-state index contributed by atoms with van der Waals surface area (Å²) in [5.74, 6) is -2.33. The van der Waals surface area contributed by atoms with Gasteiger partial charge in [-0.3, -0.25) is 0 Å². The van der Waals surface area contributed by atoms with Crippen LogP contribution >= 0.6 is 0 Å². The molecule has 2 aliphatic rings. The van der Waals surface area contributed by atoms with Crippen LogP contribution in [0.5, 0.6) is 11.6 Å². The fraction of sp³-hybridized carbons (Fsp3) is 0.350. The monoisotopic (exact) mass is 399 g/mol. The van der Waals surface area contributed by atoms with Crippen molar-refractivity contribution in [2.24, 2.45) is 0 Å². The van der Waals surface area contributed by atoms with Gasteiger partial charge in [-0.05, 0) is 24.6 Å². The number of nitrogens with one attached hydrogen (secondary N) is 1. The van der Waals surface area contributed by atoms with E-state index in [1.54, 1.807) is 47.6 Å².